The Morgan fingerprint density at radius 1 is 1.09 bits per heavy atom. The van der Waals surface area contributed by atoms with Gasteiger partial charge in [-0.05, 0) is 52.3 Å². The average Bonchev–Trinajstić information content (AvgIpc) is 2.89. The number of aromatic amines is 1. The van der Waals surface area contributed by atoms with E-state index < -0.39 is 9.84 Å². The lowest BCUT2D eigenvalue weighted by atomic mass is 10.2. The Hall–Kier alpha value is -2.06. The predicted molar refractivity (Wildman–Crippen MR) is 88.0 cm³/mol. The molecule has 0 unspecified atom stereocenters. The topological polar surface area (TPSA) is 75.7 Å². The lowest BCUT2D eigenvalue weighted by Crippen LogP contribution is -1.99. The Balaban J connectivity index is 1.99. The molecule has 0 radical (unpaired) electrons. The quantitative estimate of drug-likeness (QED) is 0.736. The van der Waals surface area contributed by atoms with Crippen molar-refractivity contribution in [1.82, 2.24) is 15.0 Å². The summed E-state index contributed by atoms with van der Waals surface area (Å²) in [4.78, 5) is 11.4. The van der Waals surface area contributed by atoms with Crippen LogP contribution in [0.25, 0.3) is 22.6 Å². The van der Waals surface area contributed by atoms with Crippen molar-refractivity contribution in [1.29, 1.82) is 0 Å². The van der Waals surface area contributed by atoms with Gasteiger partial charge >= 0.3 is 0 Å². The Morgan fingerprint density at radius 2 is 1.74 bits per heavy atom. The first-order valence-electron chi connectivity index (χ1n) is 6.52. The molecule has 8 heteroatoms. The molecule has 23 heavy (non-hydrogen) atoms. The maximum atomic E-state index is 13.0. The van der Waals surface area contributed by atoms with Crippen LogP contribution in [0.5, 0.6) is 0 Å². The highest BCUT2D eigenvalue weighted by molar-refractivity contribution is 9.10. The fourth-order valence-electron chi connectivity index (χ4n) is 2.04. The molecule has 1 N–H and O–H groups in total. The molecule has 0 bridgehead atoms. The summed E-state index contributed by atoms with van der Waals surface area (Å²) in [5.41, 5.74) is 2.12. The highest BCUT2D eigenvalue weighted by Gasteiger charge is 2.13. The summed E-state index contributed by atoms with van der Waals surface area (Å²) < 4.78 is 36.4. The summed E-state index contributed by atoms with van der Waals surface area (Å²) in [7, 11) is -3.34. The molecule has 0 atom stereocenters. The molecule has 3 aromatic rings. The molecule has 0 aliphatic heterocycles. The van der Waals surface area contributed by atoms with E-state index in [9.17, 15) is 12.8 Å². The maximum Gasteiger partial charge on any atom is 0.192 e. The van der Waals surface area contributed by atoms with Crippen LogP contribution in [0.15, 0.2) is 52.2 Å². The van der Waals surface area contributed by atoms with Crippen molar-refractivity contribution in [2.45, 2.75) is 5.03 Å². The molecule has 0 aliphatic carbocycles. The highest BCUT2D eigenvalue weighted by Crippen LogP contribution is 2.29. The zero-order valence-electron chi connectivity index (χ0n) is 11.9. The predicted octanol–water partition coefficient (Wildman–Crippen LogP) is 3.44. The number of aromatic nitrogens is 3. The van der Waals surface area contributed by atoms with Gasteiger partial charge in [0.1, 0.15) is 16.2 Å². The van der Waals surface area contributed by atoms with E-state index in [0.29, 0.717) is 21.7 Å². The summed E-state index contributed by atoms with van der Waals surface area (Å²) in [6.07, 6.45) is 2.54. The number of hydrogen-bond acceptors (Lipinski definition) is 4. The lowest BCUT2D eigenvalue weighted by Gasteiger charge is -2.00. The van der Waals surface area contributed by atoms with Gasteiger partial charge in [0.05, 0.1) is 5.69 Å². The average molecular weight is 396 g/mol. The summed E-state index contributed by atoms with van der Waals surface area (Å²) in [6, 6.07) is 9.07. The SMILES string of the molecule is CS(=O)(=O)c1ccc(-c2nc(Br)c(-c3ccc(F)cc3)[nH]2)cn1. The number of benzene rings is 1. The van der Waals surface area contributed by atoms with Crippen molar-refractivity contribution in [3.63, 3.8) is 0 Å². The first kappa shape index (κ1) is 15.8. The van der Waals surface area contributed by atoms with Gasteiger partial charge in [0.15, 0.2) is 14.9 Å². The van der Waals surface area contributed by atoms with E-state index >= 15 is 0 Å². The molecule has 2 heterocycles. The number of pyridine rings is 1. The molecule has 5 nitrogen and oxygen atoms in total. The van der Waals surface area contributed by atoms with E-state index in [-0.39, 0.29) is 10.8 Å². The molecule has 2 aromatic heterocycles. The van der Waals surface area contributed by atoms with Crippen LogP contribution in [0.4, 0.5) is 4.39 Å². The third kappa shape index (κ3) is 3.32. The fraction of sp³-hybridized carbons (Fsp3) is 0.0667. The fourth-order valence-corrected chi connectivity index (χ4v) is 3.10. The van der Waals surface area contributed by atoms with Gasteiger partial charge in [-0.3, -0.25) is 0 Å². The molecule has 0 fully saturated rings. The van der Waals surface area contributed by atoms with Gasteiger partial charge in [-0.2, -0.15) is 0 Å². The zero-order chi connectivity index (χ0) is 16.6. The van der Waals surface area contributed by atoms with Crippen molar-refractivity contribution in [2.24, 2.45) is 0 Å². The lowest BCUT2D eigenvalue weighted by molar-refractivity contribution is 0.598. The van der Waals surface area contributed by atoms with Crippen molar-refractivity contribution < 1.29 is 12.8 Å². The van der Waals surface area contributed by atoms with Crippen molar-refractivity contribution in [3.05, 3.63) is 53.0 Å². The van der Waals surface area contributed by atoms with Gasteiger partial charge in [0.25, 0.3) is 0 Å². The molecule has 0 aliphatic rings. The Labute approximate surface area is 140 Å². The molecule has 3 rings (SSSR count). The summed E-state index contributed by atoms with van der Waals surface area (Å²) >= 11 is 3.36. The second kappa shape index (κ2) is 5.86. The summed E-state index contributed by atoms with van der Waals surface area (Å²) in [5, 5.41) is 0.00521. The molecule has 118 valence electrons. The van der Waals surface area contributed by atoms with Crippen molar-refractivity contribution in [2.75, 3.05) is 6.26 Å². The minimum atomic E-state index is -3.34. The number of sulfone groups is 1. The van der Waals surface area contributed by atoms with Crippen molar-refractivity contribution in [3.8, 4) is 22.6 Å². The van der Waals surface area contributed by atoms with Crippen LogP contribution in [-0.4, -0.2) is 29.6 Å². The van der Waals surface area contributed by atoms with Gasteiger partial charge in [0.2, 0.25) is 0 Å². The second-order valence-corrected chi connectivity index (χ2v) is 7.63. The normalized spacial score (nSPS) is 11.6. The Morgan fingerprint density at radius 3 is 2.30 bits per heavy atom. The maximum absolute atomic E-state index is 13.0. The van der Waals surface area contributed by atoms with Crippen LogP contribution in [-0.2, 0) is 9.84 Å². The molecule has 0 amide bonds. The van der Waals surface area contributed by atoms with Crippen LogP contribution in [0, 0.1) is 5.82 Å². The van der Waals surface area contributed by atoms with Gasteiger partial charge in [-0.1, -0.05) is 0 Å². The van der Waals surface area contributed by atoms with Crippen LogP contribution >= 0.6 is 15.9 Å². The van der Waals surface area contributed by atoms with Crippen molar-refractivity contribution >= 4 is 25.8 Å². The van der Waals surface area contributed by atoms with E-state index in [0.717, 1.165) is 11.8 Å². The highest BCUT2D eigenvalue weighted by atomic mass is 79.9. The van der Waals surface area contributed by atoms with Gasteiger partial charge in [0, 0.05) is 23.6 Å². The molecular weight excluding hydrogens is 385 g/mol. The number of nitrogens with zero attached hydrogens (tertiary/aromatic N) is 2. The second-order valence-electron chi connectivity index (χ2n) is 4.92. The number of halogens is 2. The standard InChI is InChI=1S/C15H11BrFN3O2S/c1-23(21,22)12-7-4-10(8-18-12)15-19-13(14(16)20-15)9-2-5-11(17)6-3-9/h2-8H,1H3,(H,19,20). The van der Waals surface area contributed by atoms with E-state index in [1.165, 1.54) is 24.4 Å². The van der Waals surface area contributed by atoms with Gasteiger partial charge < -0.3 is 4.98 Å². The number of H-pyrrole nitrogens is 1. The molecule has 1 aromatic carbocycles. The minimum absolute atomic E-state index is 0.00521. The van der Waals surface area contributed by atoms with E-state index in [4.69, 9.17) is 0 Å². The minimum Gasteiger partial charge on any atom is -0.337 e. The number of rotatable bonds is 3. The molecule has 0 saturated carbocycles. The summed E-state index contributed by atoms with van der Waals surface area (Å²) in [6.45, 7) is 0. The third-order valence-electron chi connectivity index (χ3n) is 3.18. The molecule has 0 spiro atoms. The first-order chi connectivity index (χ1) is 10.8. The van der Waals surface area contributed by atoms with Crippen LogP contribution < -0.4 is 0 Å². The molecular formula is C15H11BrFN3O2S. The Bertz CT molecular complexity index is 951. The number of imidazole rings is 1. The summed E-state index contributed by atoms with van der Waals surface area (Å²) in [5.74, 6) is 0.217. The van der Waals surface area contributed by atoms with Crippen LogP contribution in [0.1, 0.15) is 0 Å². The molecule has 0 saturated heterocycles. The number of hydrogen-bond donors (Lipinski definition) is 1. The third-order valence-corrected chi connectivity index (χ3v) is 4.76. The van der Waals surface area contributed by atoms with Crippen LogP contribution in [0.3, 0.4) is 0 Å². The number of nitrogens with one attached hydrogen (secondary N) is 1. The zero-order valence-corrected chi connectivity index (χ0v) is 14.3. The van der Waals surface area contributed by atoms with E-state index in [2.05, 4.69) is 30.9 Å². The van der Waals surface area contributed by atoms with Crippen LogP contribution in [0.2, 0.25) is 0 Å². The Kier molecular flexibility index (Phi) is 4.03. The monoisotopic (exact) mass is 395 g/mol. The van der Waals surface area contributed by atoms with Gasteiger partial charge in [-0.15, -0.1) is 0 Å². The largest absolute Gasteiger partial charge is 0.337 e. The first-order valence-corrected chi connectivity index (χ1v) is 9.21. The smallest absolute Gasteiger partial charge is 0.192 e. The van der Waals surface area contributed by atoms with Gasteiger partial charge in [-0.25, -0.2) is 22.8 Å². The van der Waals surface area contributed by atoms with E-state index in [1.807, 2.05) is 0 Å². The van der Waals surface area contributed by atoms with E-state index in [1.54, 1.807) is 18.2 Å².